The van der Waals surface area contributed by atoms with Gasteiger partial charge in [0.25, 0.3) is 5.91 Å². The first-order valence-electron chi connectivity index (χ1n) is 7.59. The molecule has 0 unspecified atom stereocenters. The highest BCUT2D eigenvalue weighted by atomic mass is 35.5. The van der Waals surface area contributed by atoms with Crippen molar-refractivity contribution < 1.29 is 9.59 Å². The molecule has 1 atom stereocenters. The minimum atomic E-state index is -0.859. The van der Waals surface area contributed by atoms with Crippen LogP contribution in [-0.4, -0.2) is 27.8 Å². The van der Waals surface area contributed by atoms with Crippen molar-refractivity contribution in [2.45, 2.75) is 12.5 Å². The molecule has 3 aromatic rings. The van der Waals surface area contributed by atoms with Gasteiger partial charge in [-0.1, -0.05) is 35.9 Å². The van der Waals surface area contributed by atoms with Crippen LogP contribution in [0, 0.1) is 0 Å². The van der Waals surface area contributed by atoms with Gasteiger partial charge in [0.15, 0.2) is 0 Å². The van der Waals surface area contributed by atoms with Crippen molar-refractivity contribution in [2.75, 3.05) is 0 Å². The average molecular weight is 355 g/mol. The van der Waals surface area contributed by atoms with Crippen LogP contribution < -0.4 is 11.1 Å². The number of pyridine rings is 2. The molecule has 0 saturated carbocycles. The van der Waals surface area contributed by atoms with Crippen LogP contribution >= 0.6 is 11.6 Å². The van der Waals surface area contributed by atoms with Crippen molar-refractivity contribution in [1.29, 1.82) is 0 Å². The predicted octanol–water partition coefficient (Wildman–Crippen LogP) is 2.11. The van der Waals surface area contributed by atoms with Crippen LogP contribution in [0.1, 0.15) is 15.9 Å². The Labute approximate surface area is 149 Å². The number of nitrogens with two attached hydrogens (primary N) is 1. The molecular weight excluding hydrogens is 340 g/mol. The van der Waals surface area contributed by atoms with Gasteiger partial charge in [-0.05, 0) is 23.8 Å². The number of fused-ring (bicyclic) bond motifs is 1. The second kappa shape index (κ2) is 7.27. The minimum Gasteiger partial charge on any atom is -0.368 e. The van der Waals surface area contributed by atoms with Crippen molar-refractivity contribution in [3.8, 4) is 0 Å². The summed E-state index contributed by atoms with van der Waals surface area (Å²) in [7, 11) is 0. The number of carbonyl (C=O) groups is 2. The first kappa shape index (κ1) is 16.9. The van der Waals surface area contributed by atoms with Gasteiger partial charge in [0.1, 0.15) is 11.2 Å². The lowest BCUT2D eigenvalue weighted by molar-refractivity contribution is -0.119. The van der Waals surface area contributed by atoms with Gasteiger partial charge < -0.3 is 11.1 Å². The summed E-state index contributed by atoms with van der Waals surface area (Å²) in [6, 6.07) is 11.4. The lowest BCUT2D eigenvalue weighted by Crippen LogP contribution is -2.45. The molecule has 0 spiro atoms. The van der Waals surface area contributed by atoms with E-state index in [9.17, 15) is 9.59 Å². The van der Waals surface area contributed by atoms with Gasteiger partial charge in [0.2, 0.25) is 5.91 Å². The lowest BCUT2D eigenvalue weighted by Gasteiger charge is -2.16. The fraction of sp³-hybridized carbons (Fsp3) is 0.111. The average Bonchev–Trinajstić information content (AvgIpc) is 2.62. The molecule has 0 radical (unpaired) electrons. The molecule has 25 heavy (non-hydrogen) atoms. The Morgan fingerprint density at radius 3 is 2.64 bits per heavy atom. The second-order valence-corrected chi connectivity index (χ2v) is 5.88. The zero-order chi connectivity index (χ0) is 17.8. The van der Waals surface area contributed by atoms with Crippen LogP contribution in [0.4, 0.5) is 0 Å². The van der Waals surface area contributed by atoms with E-state index in [2.05, 4.69) is 15.3 Å². The van der Waals surface area contributed by atoms with Gasteiger partial charge in [-0.25, -0.2) is 4.98 Å². The third kappa shape index (κ3) is 3.92. The standard InChI is InChI=1S/C18H15ClN4O2/c19-16-6-5-11(10-22-16)9-15(17(20)24)23-18(25)13-7-8-21-14-4-2-1-3-12(13)14/h1-8,10,15H,9H2,(H2,20,24)(H,23,25)/t15-/m1/s1. The molecule has 0 aliphatic carbocycles. The lowest BCUT2D eigenvalue weighted by atomic mass is 10.1. The maximum atomic E-state index is 12.6. The molecule has 0 saturated heterocycles. The fourth-order valence-electron chi connectivity index (χ4n) is 2.52. The summed E-state index contributed by atoms with van der Waals surface area (Å²) in [6.45, 7) is 0. The summed E-state index contributed by atoms with van der Waals surface area (Å²) in [4.78, 5) is 32.6. The number of primary amides is 1. The minimum absolute atomic E-state index is 0.230. The molecular formula is C18H15ClN4O2. The van der Waals surface area contributed by atoms with Crippen LogP contribution in [0.2, 0.25) is 5.15 Å². The Bertz CT molecular complexity index is 923. The number of carbonyl (C=O) groups excluding carboxylic acids is 2. The summed E-state index contributed by atoms with van der Waals surface area (Å²) >= 11 is 5.75. The Morgan fingerprint density at radius 2 is 1.92 bits per heavy atom. The van der Waals surface area contributed by atoms with Crippen LogP contribution in [0.5, 0.6) is 0 Å². The van der Waals surface area contributed by atoms with Gasteiger partial charge in [-0.3, -0.25) is 14.6 Å². The normalized spacial score (nSPS) is 11.9. The number of halogens is 1. The van der Waals surface area contributed by atoms with E-state index in [0.29, 0.717) is 21.6 Å². The Balaban J connectivity index is 1.83. The van der Waals surface area contributed by atoms with E-state index in [1.54, 1.807) is 36.7 Å². The molecule has 0 aliphatic rings. The third-order valence-corrected chi connectivity index (χ3v) is 3.99. The van der Waals surface area contributed by atoms with E-state index >= 15 is 0 Å². The number of para-hydroxylation sites is 1. The number of nitrogens with one attached hydrogen (secondary N) is 1. The quantitative estimate of drug-likeness (QED) is 0.685. The molecule has 0 aliphatic heterocycles. The number of amides is 2. The zero-order valence-corrected chi connectivity index (χ0v) is 13.9. The van der Waals surface area contributed by atoms with Crippen LogP contribution in [0.25, 0.3) is 10.9 Å². The summed E-state index contributed by atoms with van der Waals surface area (Å²) < 4.78 is 0. The molecule has 0 bridgehead atoms. The zero-order valence-electron chi connectivity index (χ0n) is 13.1. The van der Waals surface area contributed by atoms with Crippen LogP contribution in [0.3, 0.4) is 0 Å². The van der Waals surface area contributed by atoms with E-state index in [0.717, 1.165) is 5.56 Å². The molecule has 2 heterocycles. The number of nitrogens with zero attached hydrogens (tertiary/aromatic N) is 2. The SMILES string of the molecule is NC(=O)[C@@H](Cc1ccc(Cl)nc1)NC(=O)c1ccnc2ccccc12. The number of hydrogen-bond donors (Lipinski definition) is 2. The summed E-state index contributed by atoms with van der Waals surface area (Å²) in [5, 5.41) is 3.75. The van der Waals surface area contributed by atoms with Gasteiger partial charge >= 0.3 is 0 Å². The molecule has 2 aromatic heterocycles. The molecule has 3 rings (SSSR count). The van der Waals surface area contributed by atoms with Gasteiger partial charge in [0, 0.05) is 24.2 Å². The third-order valence-electron chi connectivity index (χ3n) is 3.77. The highest BCUT2D eigenvalue weighted by Crippen LogP contribution is 2.16. The Hall–Kier alpha value is -2.99. The first-order valence-corrected chi connectivity index (χ1v) is 7.97. The van der Waals surface area contributed by atoms with Gasteiger partial charge in [-0.15, -0.1) is 0 Å². The van der Waals surface area contributed by atoms with Crippen molar-refractivity contribution in [1.82, 2.24) is 15.3 Å². The fourth-order valence-corrected chi connectivity index (χ4v) is 2.63. The largest absolute Gasteiger partial charge is 0.368 e. The van der Waals surface area contributed by atoms with Crippen molar-refractivity contribution in [3.63, 3.8) is 0 Å². The van der Waals surface area contributed by atoms with E-state index in [1.165, 1.54) is 0 Å². The van der Waals surface area contributed by atoms with Gasteiger partial charge in [-0.2, -0.15) is 0 Å². The predicted molar refractivity (Wildman–Crippen MR) is 95.1 cm³/mol. The number of benzene rings is 1. The molecule has 126 valence electrons. The van der Waals surface area contributed by atoms with E-state index < -0.39 is 11.9 Å². The van der Waals surface area contributed by atoms with Crippen LogP contribution in [-0.2, 0) is 11.2 Å². The van der Waals surface area contributed by atoms with Crippen LogP contribution in [0.15, 0.2) is 54.9 Å². The highest BCUT2D eigenvalue weighted by Gasteiger charge is 2.21. The summed E-state index contributed by atoms with van der Waals surface area (Å²) in [5.74, 6) is -1.01. The molecule has 6 nitrogen and oxygen atoms in total. The molecule has 3 N–H and O–H groups in total. The maximum Gasteiger partial charge on any atom is 0.252 e. The van der Waals surface area contributed by atoms with Crippen molar-refractivity contribution >= 4 is 34.3 Å². The molecule has 0 fully saturated rings. The smallest absolute Gasteiger partial charge is 0.252 e. The van der Waals surface area contributed by atoms with Gasteiger partial charge in [0.05, 0.1) is 11.1 Å². The first-order chi connectivity index (χ1) is 12.0. The molecule has 2 amide bonds. The Morgan fingerprint density at radius 1 is 1.12 bits per heavy atom. The van der Waals surface area contributed by atoms with E-state index in [4.69, 9.17) is 17.3 Å². The van der Waals surface area contributed by atoms with Crippen molar-refractivity contribution in [2.24, 2.45) is 5.73 Å². The molecule has 1 aromatic carbocycles. The Kier molecular flexibility index (Phi) is 4.90. The maximum absolute atomic E-state index is 12.6. The van der Waals surface area contributed by atoms with Crippen molar-refractivity contribution in [3.05, 3.63) is 71.1 Å². The van der Waals surface area contributed by atoms with E-state index in [1.807, 2.05) is 18.2 Å². The topological polar surface area (TPSA) is 98.0 Å². The summed E-state index contributed by atoms with van der Waals surface area (Å²) in [6.07, 6.45) is 3.33. The highest BCUT2D eigenvalue weighted by molar-refractivity contribution is 6.29. The summed E-state index contributed by atoms with van der Waals surface area (Å²) in [5.41, 5.74) is 7.32. The molecule has 7 heteroatoms. The number of aromatic nitrogens is 2. The number of hydrogen-bond acceptors (Lipinski definition) is 4. The second-order valence-electron chi connectivity index (χ2n) is 5.50. The number of rotatable bonds is 5. The monoisotopic (exact) mass is 354 g/mol. The van der Waals surface area contributed by atoms with E-state index in [-0.39, 0.29) is 12.3 Å².